The second-order valence-corrected chi connectivity index (χ2v) is 4.07. The third kappa shape index (κ3) is 1.46. The Morgan fingerprint density at radius 2 is 2.00 bits per heavy atom. The largest absolute Gasteiger partial charge is 0.159 e. The van der Waals surface area contributed by atoms with E-state index in [1.54, 1.807) is 0 Å². The van der Waals surface area contributed by atoms with Crippen LogP contribution in [0.2, 0.25) is 6.32 Å². The second kappa shape index (κ2) is 3.00. The van der Waals surface area contributed by atoms with Crippen LogP contribution in [-0.4, -0.2) is 18.8 Å². The normalized spacial score (nSPS) is 24.6. The van der Waals surface area contributed by atoms with Gasteiger partial charge in [-0.15, -0.1) is 0 Å². The summed E-state index contributed by atoms with van der Waals surface area (Å²) in [6.45, 7) is 0. The molecule has 0 aromatic rings. The zero-order valence-electron chi connectivity index (χ0n) is 6.02. The van der Waals surface area contributed by atoms with Crippen molar-refractivity contribution in [3.63, 3.8) is 0 Å². The molecule has 1 rings (SSSR count). The van der Waals surface area contributed by atoms with Crippen LogP contribution < -0.4 is 0 Å². The maximum atomic E-state index is 5.66. The number of thioether (sulfide) groups is 1. The average Bonchev–Trinajstić information content (AvgIpc) is 2.36. The Kier molecular flexibility index (Phi) is 2.51. The molecule has 50 valence electrons. The molecule has 0 unspecified atom stereocenters. The quantitative estimate of drug-likeness (QED) is 0.530. The van der Waals surface area contributed by atoms with Gasteiger partial charge in [0.25, 0.3) is 0 Å². The lowest BCUT2D eigenvalue weighted by Gasteiger charge is -2.24. The van der Waals surface area contributed by atoms with Crippen LogP contribution in [0.25, 0.3) is 0 Å². The Labute approximate surface area is 63.2 Å². The van der Waals surface area contributed by atoms with Crippen LogP contribution in [0.5, 0.6) is 0 Å². The Hall–Kier alpha value is 0.415. The highest BCUT2D eigenvalue weighted by Gasteiger charge is 2.29. The molecule has 1 aliphatic rings. The lowest BCUT2D eigenvalue weighted by Crippen LogP contribution is -2.17. The topological polar surface area (TPSA) is 0 Å². The predicted octanol–water partition coefficient (Wildman–Crippen LogP) is 2.25. The van der Waals surface area contributed by atoms with E-state index in [0.29, 0.717) is 4.75 Å². The molecule has 1 saturated carbocycles. The van der Waals surface area contributed by atoms with Crippen LogP contribution in [0.15, 0.2) is 0 Å². The van der Waals surface area contributed by atoms with E-state index < -0.39 is 0 Å². The van der Waals surface area contributed by atoms with Crippen molar-refractivity contribution in [1.29, 1.82) is 0 Å². The molecule has 0 aliphatic heterocycles. The Morgan fingerprint density at radius 1 is 1.44 bits per heavy atom. The minimum absolute atomic E-state index is 0.472. The first-order chi connectivity index (χ1) is 4.33. The minimum atomic E-state index is 0.472. The van der Waals surface area contributed by atoms with Gasteiger partial charge in [-0.05, 0) is 19.1 Å². The van der Waals surface area contributed by atoms with Gasteiger partial charge in [-0.25, -0.2) is 0 Å². The van der Waals surface area contributed by atoms with Crippen molar-refractivity contribution >= 4 is 19.6 Å². The van der Waals surface area contributed by atoms with Crippen LogP contribution in [0.1, 0.15) is 25.7 Å². The van der Waals surface area contributed by atoms with E-state index in [9.17, 15) is 0 Å². The van der Waals surface area contributed by atoms with Gasteiger partial charge < -0.3 is 0 Å². The zero-order valence-corrected chi connectivity index (χ0v) is 6.84. The third-order valence-electron chi connectivity index (χ3n) is 2.32. The van der Waals surface area contributed by atoms with E-state index in [4.69, 9.17) is 7.85 Å². The molecule has 2 radical (unpaired) electrons. The van der Waals surface area contributed by atoms with Crippen molar-refractivity contribution in [2.24, 2.45) is 0 Å². The number of rotatable bonds is 2. The monoisotopic (exact) mass is 140 g/mol. The van der Waals surface area contributed by atoms with Gasteiger partial charge in [0.05, 0.1) is 7.85 Å². The van der Waals surface area contributed by atoms with Crippen molar-refractivity contribution in [1.82, 2.24) is 0 Å². The maximum Gasteiger partial charge on any atom is 0.0671 e. The van der Waals surface area contributed by atoms with Gasteiger partial charge in [-0.2, -0.15) is 11.8 Å². The minimum Gasteiger partial charge on any atom is -0.159 e. The van der Waals surface area contributed by atoms with Crippen molar-refractivity contribution in [3.8, 4) is 0 Å². The summed E-state index contributed by atoms with van der Waals surface area (Å²) in [5.41, 5.74) is 0. The molecule has 0 heterocycles. The molecule has 0 N–H and O–H groups in total. The summed E-state index contributed by atoms with van der Waals surface area (Å²) in [4.78, 5) is 0. The summed E-state index contributed by atoms with van der Waals surface area (Å²) < 4.78 is 0.472. The fourth-order valence-corrected chi connectivity index (χ4v) is 2.37. The van der Waals surface area contributed by atoms with E-state index in [1.807, 2.05) is 11.8 Å². The van der Waals surface area contributed by atoms with E-state index in [2.05, 4.69) is 6.26 Å². The summed E-state index contributed by atoms with van der Waals surface area (Å²) in [5, 5.41) is 0. The highest BCUT2D eigenvalue weighted by atomic mass is 32.2. The Morgan fingerprint density at radius 3 is 2.22 bits per heavy atom. The van der Waals surface area contributed by atoms with Crippen LogP contribution in [0.3, 0.4) is 0 Å². The van der Waals surface area contributed by atoms with Crippen molar-refractivity contribution in [2.45, 2.75) is 36.8 Å². The molecule has 0 spiro atoms. The first kappa shape index (κ1) is 7.52. The molecule has 0 amide bonds. The van der Waals surface area contributed by atoms with Crippen LogP contribution in [0.4, 0.5) is 0 Å². The van der Waals surface area contributed by atoms with E-state index >= 15 is 0 Å². The molecular formula is C7H13BS. The lowest BCUT2D eigenvalue weighted by molar-refractivity contribution is 0.674. The molecule has 1 fully saturated rings. The molecule has 0 saturated heterocycles. The van der Waals surface area contributed by atoms with E-state index in [-0.39, 0.29) is 0 Å². The summed E-state index contributed by atoms with van der Waals surface area (Å²) in [7, 11) is 5.66. The summed E-state index contributed by atoms with van der Waals surface area (Å²) >= 11 is 1.95. The SMILES string of the molecule is [B]CC1(SC)CCCC1. The van der Waals surface area contributed by atoms with Crippen LogP contribution >= 0.6 is 11.8 Å². The maximum absolute atomic E-state index is 5.66. The molecule has 0 atom stereocenters. The summed E-state index contributed by atoms with van der Waals surface area (Å²) in [5.74, 6) is 0. The van der Waals surface area contributed by atoms with Gasteiger partial charge in [0.15, 0.2) is 0 Å². The molecule has 9 heavy (non-hydrogen) atoms. The fourth-order valence-electron chi connectivity index (χ4n) is 1.51. The van der Waals surface area contributed by atoms with Gasteiger partial charge in [-0.3, -0.25) is 0 Å². The summed E-state index contributed by atoms with van der Waals surface area (Å²) in [6, 6.07) is 0. The highest BCUT2D eigenvalue weighted by Crippen LogP contribution is 2.42. The third-order valence-corrected chi connectivity index (χ3v) is 3.76. The van der Waals surface area contributed by atoms with Crippen molar-refractivity contribution < 1.29 is 0 Å². The van der Waals surface area contributed by atoms with Crippen LogP contribution in [-0.2, 0) is 0 Å². The van der Waals surface area contributed by atoms with Crippen molar-refractivity contribution in [2.75, 3.05) is 6.26 Å². The van der Waals surface area contributed by atoms with Crippen molar-refractivity contribution in [3.05, 3.63) is 0 Å². The zero-order chi connectivity index (χ0) is 6.74. The van der Waals surface area contributed by atoms with E-state index in [0.717, 1.165) is 6.32 Å². The Balaban J connectivity index is 2.45. The summed E-state index contributed by atoms with van der Waals surface area (Å²) in [6.07, 6.45) is 8.50. The number of hydrogen-bond donors (Lipinski definition) is 0. The smallest absolute Gasteiger partial charge is 0.0671 e. The first-order valence-corrected chi connectivity index (χ1v) is 4.81. The van der Waals surface area contributed by atoms with Gasteiger partial charge in [-0.1, -0.05) is 19.2 Å². The molecule has 2 heteroatoms. The lowest BCUT2D eigenvalue weighted by atomic mass is 9.89. The predicted molar refractivity (Wildman–Crippen MR) is 45.3 cm³/mol. The Bertz CT molecular complexity index is 80.9. The fraction of sp³-hybridized carbons (Fsp3) is 1.00. The van der Waals surface area contributed by atoms with E-state index in [1.165, 1.54) is 25.7 Å². The molecule has 0 bridgehead atoms. The van der Waals surface area contributed by atoms with Gasteiger partial charge >= 0.3 is 0 Å². The standard InChI is InChI=1S/C7H13BS/c1-9-7(6-8)4-2-3-5-7/h2-6H2,1H3. The van der Waals surface area contributed by atoms with Gasteiger partial charge in [0.1, 0.15) is 0 Å². The van der Waals surface area contributed by atoms with Crippen LogP contribution in [0, 0.1) is 0 Å². The number of hydrogen-bond acceptors (Lipinski definition) is 1. The van der Waals surface area contributed by atoms with Gasteiger partial charge in [0.2, 0.25) is 0 Å². The average molecular weight is 140 g/mol. The molecular weight excluding hydrogens is 127 g/mol. The molecule has 0 aromatic heterocycles. The highest BCUT2D eigenvalue weighted by molar-refractivity contribution is 8.00. The molecule has 0 nitrogen and oxygen atoms in total. The van der Waals surface area contributed by atoms with Gasteiger partial charge in [0, 0.05) is 4.75 Å². The second-order valence-electron chi connectivity index (χ2n) is 2.80. The first-order valence-electron chi connectivity index (χ1n) is 3.58. The molecule has 0 aromatic carbocycles. The molecule has 1 aliphatic carbocycles.